The Labute approximate surface area is 127 Å². The molecule has 1 saturated heterocycles. The zero-order valence-electron chi connectivity index (χ0n) is 13.6. The summed E-state index contributed by atoms with van der Waals surface area (Å²) in [7, 11) is 1.73. The summed E-state index contributed by atoms with van der Waals surface area (Å²) in [6.45, 7) is 5.95. The third-order valence-electron chi connectivity index (χ3n) is 4.80. The molecule has 4 unspecified atom stereocenters. The summed E-state index contributed by atoms with van der Waals surface area (Å²) in [6.07, 6.45) is 4.76. The first-order valence-corrected chi connectivity index (χ1v) is 8.14. The smallest absolute Gasteiger partial charge is 0.246 e. The van der Waals surface area contributed by atoms with E-state index in [2.05, 4.69) is 5.32 Å². The summed E-state index contributed by atoms with van der Waals surface area (Å²) in [6, 6.07) is -0.583. The van der Waals surface area contributed by atoms with E-state index < -0.39 is 0 Å². The van der Waals surface area contributed by atoms with Crippen LogP contribution >= 0.6 is 0 Å². The number of hydrogen-bond acceptors (Lipinski definition) is 3. The number of methoxy groups -OCH3 is 1. The maximum atomic E-state index is 12.8. The van der Waals surface area contributed by atoms with Gasteiger partial charge in [-0.1, -0.05) is 20.8 Å². The molecule has 4 atom stereocenters. The third kappa shape index (κ3) is 3.23. The molecule has 0 bridgehead atoms. The minimum Gasteiger partial charge on any atom is -0.381 e. The van der Waals surface area contributed by atoms with Crippen molar-refractivity contribution in [3.63, 3.8) is 0 Å². The molecule has 2 fully saturated rings. The number of nitrogens with one attached hydrogen (secondary N) is 1. The van der Waals surface area contributed by atoms with Crippen molar-refractivity contribution >= 4 is 11.8 Å². The van der Waals surface area contributed by atoms with Crippen LogP contribution in [0.1, 0.15) is 52.9 Å². The first-order valence-electron chi connectivity index (χ1n) is 8.14. The molecule has 120 valence electrons. The molecular formula is C16H28N2O3. The Morgan fingerprint density at radius 1 is 1.33 bits per heavy atom. The van der Waals surface area contributed by atoms with Crippen molar-refractivity contribution < 1.29 is 14.3 Å². The van der Waals surface area contributed by atoms with Gasteiger partial charge in [-0.2, -0.15) is 0 Å². The minimum absolute atomic E-state index is 0.00371. The molecule has 1 saturated carbocycles. The number of piperazine rings is 1. The Balaban J connectivity index is 2.25. The van der Waals surface area contributed by atoms with Crippen molar-refractivity contribution in [3.8, 4) is 0 Å². The summed E-state index contributed by atoms with van der Waals surface area (Å²) in [4.78, 5) is 27.1. The Kier molecular flexibility index (Phi) is 5.25. The standard InChI is InChI=1S/C16H28N2O3/c1-5-13-16(20)18(14(10(2)3)15(19)17-13)11-7-6-8-12(9-11)21-4/h10-14H,5-9H2,1-4H3,(H,17,19). The lowest BCUT2D eigenvalue weighted by Gasteiger charge is -2.47. The summed E-state index contributed by atoms with van der Waals surface area (Å²) < 4.78 is 5.48. The zero-order valence-corrected chi connectivity index (χ0v) is 13.6. The number of rotatable bonds is 4. The maximum absolute atomic E-state index is 12.8. The summed E-state index contributed by atoms with van der Waals surface area (Å²) >= 11 is 0. The average molecular weight is 296 g/mol. The zero-order chi connectivity index (χ0) is 15.6. The van der Waals surface area contributed by atoms with Crippen LogP contribution in [0.2, 0.25) is 0 Å². The molecule has 5 heteroatoms. The molecule has 21 heavy (non-hydrogen) atoms. The van der Waals surface area contributed by atoms with E-state index in [0.29, 0.717) is 6.42 Å². The number of hydrogen-bond donors (Lipinski definition) is 1. The van der Waals surface area contributed by atoms with Crippen LogP contribution in [0.4, 0.5) is 0 Å². The molecule has 0 aromatic carbocycles. The predicted octanol–water partition coefficient (Wildman–Crippen LogP) is 1.71. The van der Waals surface area contributed by atoms with Gasteiger partial charge in [0.15, 0.2) is 0 Å². The third-order valence-corrected chi connectivity index (χ3v) is 4.80. The van der Waals surface area contributed by atoms with Crippen LogP contribution in [0.3, 0.4) is 0 Å². The van der Waals surface area contributed by atoms with Crippen LogP contribution < -0.4 is 5.32 Å². The van der Waals surface area contributed by atoms with Crippen molar-refractivity contribution in [3.05, 3.63) is 0 Å². The highest BCUT2D eigenvalue weighted by atomic mass is 16.5. The molecule has 1 N–H and O–H groups in total. The highest BCUT2D eigenvalue weighted by Crippen LogP contribution is 2.30. The lowest BCUT2D eigenvalue weighted by Crippen LogP contribution is -2.67. The van der Waals surface area contributed by atoms with Gasteiger partial charge in [-0.25, -0.2) is 0 Å². The lowest BCUT2D eigenvalue weighted by atomic mass is 9.87. The van der Waals surface area contributed by atoms with Crippen molar-refractivity contribution in [1.29, 1.82) is 0 Å². The van der Waals surface area contributed by atoms with E-state index in [0.717, 1.165) is 25.7 Å². The first-order chi connectivity index (χ1) is 9.99. The normalized spacial score (nSPS) is 34.2. The number of carbonyl (C=O) groups excluding carboxylic acids is 2. The van der Waals surface area contributed by atoms with Crippen LogP contribution in [-0.2, 0) is 14.3 Å². The molecule has 0 spiro atoms. The second-order valence-corrected chi connectivity index (χ2v) is 6.58. The fourth-order valence-corrected chi connectivity index (χ4v) is 3.66. The van der Waals surface area contributed by atoms with Gasteiger partial charge >= 0.3 is 0 Å². The molecule has 1 heterocycles. The quantitative estimate of drug-likeness (QED) is 0.859. The van der Waals surface area contributed by atoms with E-state index in [1.165, 1.54) is 0 Å². The lowest BCUT2D eigenvalue weighted by molar-refractivity contribution is -0.156. The fraction of sp³-hybridized carbons (Fsp3) is 0.875. The van der Waals surface area contributed by atoms with E-state index in [1.807, 2.05) is 25.7 Å². The number of nitrogens with zero attached hydrogens (tertiary/aromatic N) is 1. The van der Waals surface area contributed by atoms with Crippen LogP contribution in [0.15, 0.2) is 0 Å². The van der Waals surface area contributed by atoms with Gasteiger partial charge in [0.25, 0.3) is 0 Å². The van der Waals surface area contributed by atoms with E-state index >= 15 is 0 Å². The second kappa shape index (κ2) is 6.77. The van der Waals surface area contributed by atoms with E-state index in [4.69, 9.17) is 4.74 Å². The van der Waals surface area contributed by atoms with Gasteiger partial charge in [-0.15, -0.1) is 0 Å². The van der Waals surface area contributed by atoms with Crippen molar-refractivity contribution in [2.75, 3.05) is 7.11 Å². The number of amides is 2. The van der Waals surface area contributed by atoms with Gasteiger partial charge in [-0.05, 0) is 38.0 Å². The van der Waals surface area contributed by atoms with E-state index in [-0.39, 0.29) is 42.0 Å². The van der Waals surface area contributed by atoms with Gasteiger partial charge < -0.3 is 15.0 Å². The molecule has 2 amide bonds. The van der Waals surface area contributed by atoms with Gasteiger partial charge in [0.1, 0.15) is 12.1 Å². The largest absolute Gasteiger partial charge is 0.381 e. The SMILES string of the molecule is CCC1NC(=O)C(C(C)C)N(C2CCCC(OC)C2)C1=O. The minimum atomic E-state index is -0.365. The monoisotopic (exact) mass is 296 g/mol. The highest BCUT2D eigenvalue weighted by molar-refractivity contribution is 5.97. The van der Waals surface area contributed by atoms with Crippen molar-refractivity contribution in [2.45, 2.75) is 77.1 Å². The molecule has 2 aliphatic rings. The van der Waals surface area contributed by atoms with Gasteiger partial charge in [0.05, 0.1) is 6.10 Å². The van der Waals surface area contributed by atoms with Crippen LogP contribution in [0, 0.1) is 5.92 Å². The van der Waals surface area contributed by atoms with Crippen LogP contribution in [-0.4, -0.2) is 48.1 Å². The summed E-state index contributed by atoms with van der Waals surface area (Å²) in [5.41, 5.74) is 0. The Bertz CT molecular complexity index is 397. The van der Waals surface area contributed by atoms with Gasteiger partial charge in [0, 0.05) is 13.2 Å². The average Bonchev–Trinajstić information content (AvgIpc) is 2.48. The molecule has 0 aromatic heterocycles. The van der Waals surface area contributed by atoms with Crippen LogP contribution in [0.5, 0.6) is 0 Å². The molecule has 0 aromatic rings. The Morgan fingerprint density at radius 2 is 2.05 bits per heavy atom. The molecule has 1 aliphatic heterocycles. The summed E-state index contributed by atoms with van der Waals surface area (Å²) in [5, 5.41) is 2.88. The number of ether oxygens (including phenoxy) is 1. The Hall–Kier alpha value is -1.10. The molecule has 2 rings (SSSR count). The van der Waals surface area contributed by atoms with Gasteiger partial charge in [0.2, 0.25) is 11.8 Å². The Morgan fingerprint density at radius 3 is 2.62 bits per heavy atom. The molecule has 0 radical (unpaired) electrons. The maximum Gasteiger partial charge on any atom is 0.246 e. The predicted molar refractivity (Wildman–Crippen MR) is 80.7 cm³/mol. The van der Waals surface area contributed by atoms with Crippen molar-refractivity contribution in [1.82, 2.24) is 10.2 Å². The van der Waals surface area contributed by atoms with E-state index in [9.17, 15) is 9.59 Å². The molecule has 1 aliphatic carbocycles. The fourth-order valence-electron chi connectivity index (χ4n) is 3.66. The van der Waals surface area contributed by atoms with Crippen molar-refractivity contribution in [2.24, 2.45) is 5.92 Å². The van der Waals surface area contributed by atoms with Crippen LogP contribution in [0.25, 0.3) is 0 Å². The molecule has 5 nitrogen and oxygen atoms in total. The highest BCUT2D eigenvalue weighted by Gasteiger charge is 2.45. The molecular weight excluding hydrogens is 268 g/mol. The van der Waals surface area contributed by atoms with E-state index in [1.54, 1.807) is 7.11 Å². The summed E-state index contributed by atoms with van der Waals surface area (Å²) in [5.74, 6) is 0.197. The number of carbonyl (C=O) groups is 2. The first kappa shape index (κ1) is 16.3. The second-order valence-electron chi connectivity index (χ2n) is 6.58. The topological polar surface area (TPSA) is 58.6 Å². The van der Waals surface area contributed by atoms with Gasteiger partial charge in [-0.3, -0.25) is 9.59 Å².